The number of imidazole rings is 1. The number of alkyl halides is 2. The molecule has 0 saturated carbocycles. The second-order valence-electron chi connectivity index (χ2n) is 9.65. The van der Waals surface area contributed by atoms with Crippen molar-refractivity contribution in [1.29, 1.82) is 0 Å². The number of benzene rings is 1. The van der Waals surface area contributed by atoms with Gasteiger partial charge in [-0.15, -0.1) is 0 Å². The second kappa shape index (κ2) is 11.4. The van der Waals surface area contributed by atoms with Crippen LogP contribution in [0.2, 0.25) is 0 Å². The number of halogens is 2. The number of amidine groups is 1. The predicted octanol–water partition coefficient (Wildman–Crippen LogP) is 1.72. The van der Waals surface area contributed by atoms with E-state index in [0.717, 1.165) is 19.5 Å². The van der Waals surface area contributed by atoms with E-state index >= 15 is 0 Å². The van der Waals surface area contributed by atoms with Crippen molar-refractivity contribution in [1.82, 2.24) is 29.3 Å². The molecule has 0 bridgehead atoms. The summed E-state index contributed by atoms with van der Waals surface area (Å²) in [5.74, 6) is 0.0284. The first-order valence-corrected chi connectivity index (χ1v) is 13.8. The van der Waals surface area contributed by atoms with Crippen molar-refractivity contribution in [3.63, 3.8) is 0 Å². The SMILES string of the molecule is COc1cccc2c1nc(C(F)F)n2C1=NC(N2CCOCC2)N(c2cnc(OC3CCN(C)C3)nc2)C([As])=N1. The Balaban J connectivity index is 1.38. The molecule has 15 heteroatoms. The Labute approximate surface area is 238 Å². The number of likely N-dealkylation sites (tertiary alicyclic amines) is 1. The number of aromatic nitrogens is 4. The molecule has 0 spiro atoms. The quantitative estimate of drug-likeness (QED) is 0.384. The Hall–Kier alpha value is -3.19. The maximum atomic E-state index is 14.3. The van der Waals surface area contributed by atoms with Crippen molar-refractivity contribution in [3.05, 3.63) is 36.4 Å². The van der Waals surface area contributed by atoms with Crippen LogP contribution in [-0.2, 0) is 4.74 Å². The van der Waals surface area contributed by atoms with Crippen molar-refractivity contribution in [3.8, 4) is 11.8 Å². The van der Waals surface area contributed by atoms with Crippen molar-refractivity contribution < 1.29 is 23.0 Å². The summed E-state index contributed by atoms with van der Waals surface area (Å²) >= 11 is 2.40. The number of hydrogen-bond donors (Lipinski definition) is 0. The van der Waals surface area contributed by atoms with Crippen LogP contribution in [0.1, 0.15) is 18.7 Å². The Kier molecular flexibility index (Phi) is 7.67. The van der Waals surface area contributed by atoms with Crippen molar-refractivity contribution >= 4 is 44.2 Å². The third-order valence-electron chi connectivity index (χ3n) is 7.05. The summed E-state index contributed by atoms with van der Waals surface area (Å²) in [6.07, 6.45) is 0.835. The van der Waals surface area contributed by atoms with E-state index in [1.807, 2.05) is 4.90 Å². The number of nitrogens with zero attached hydrogens (tertiary/aromatic N) is 9. The number of likely N-dealkylation sites (N-methyl/N-ethyl adjacent to an activating group) is 1. The molecule has 2 radical (unpaired) electrons. The predicted molar refractivity (Wildman–Crippen MR) is 144 cm³/mol. The number of anilines is 1. The first-order valence-electron chi connectivity index (χ1n) is 12.9. The van der Waals surface area contributed by atoms with E-state index in [4.69, 9.17) is 19.2 Å². The number of morpholine rings is 1. The van der Waals surface area contributed by atoms with E-state index in [2.05, 4.69) is 53.6 Å². The molecule has 6 rings (SSSR count). The molecule has 2 unspecified atom stereocenters. The average molecular weight is 615 g/mol. The fourth-order valence-electron chi connectivity index (χ4n) is 5.09. The van der Waals surface area contributed by atoms with Gasteiger partial charge in [-0.2, -0.15) is 0 Å². The number of hydrogen-bond acceptors (Lipinski definition) is 11. The molecular weight excluding hydrogens is 587 g/mol. The zero-order valence-corrected chi connectivity index (χ0v) is 23.9. The van der Waals surface area contributed by atoms with E-state index in [9.17, 15) is 8.78 Å². The molecule has 0 amide bonds. The van der Waals surface area contributed by atoms with Crippen molar-refractivity contribution in [2.24, 2.45) is 9.98 Å². The maximum absolute atomic E-state index is 14.3. The molecule has 3 aromatic rings. The van der Waals surface area contributed by atoms with Crippen LogP contribution >= 0.6 is 0 Å². The van der Waals surface area contributed by atoms with Crippen molar-refractivity contribution in [2.45, 2.75) is 25.2 Å². The Morgan fingerprint density at radius 1 is 1.12 bits per heavy atom. The van der Waals surface area contributed by atoms with Crippen LogP contribution in [0, 0.1) is 0 Å². The molecule has 0 N–H and O–H groups in total. The average Bonchev–Trinajstić information content (AvgIpc) is 3.57. The minimum absolute atomic E-state index is 0.0479. The van der Waals surface area contributed by atoms with E-state index in [0.29, 0.717) is 59.4 Å². The number of aliphatic imine (C=N–C) groups is 2. The zero-order chi connectivity index (χ0) is 27.8. The summed E-state index contributed by atoms with van der Waals surface area (Å²) in [5.41, 5.74) is 1.38. The standard InChI is InChI=1S/C25H28AsF2N9O3/c1-34-7-6-16(14-34)40-24-29-12-15(13-30-24)36-22(26)32-23(33-25(36)35-8-10-39-11-9-35)37-17-4-3-5-18(38-2)19(17)31-21(37)20(27)28/h3-5,12-13,16,20,25H,6-11,14H2,1-2H3. The molecular formula is C25H28AsF2N9O3. The minimum atomic E-state index is -2.86. The van der Waals surface area contributed by atoms with Gasteiger partial charge < -0.3 is 0 Å². The van der Waals surface area contributed by atoms with Gasteiger partial charge in [0, 0.05) is 0 Å². The van der Waals surface area contributed by atoms with Crippen LogP contribution in [0.25, 0.3) is 11.0 Å². The molecule has 3 aliphatic rings. The molecule has 40 heavy (non-hydrogen) atoms. The molecule has 2 atom stereocenters. The summed E-state index contributed by atoms with van der Waals surface area (Å²) in [4.78, 5) is 28.8. The van der Waals surface area contributed by atoms with E-state index in [-0.39, 0.29) is 12.1 Å². The Morgan fingerprint density at radius 3 is 2.58 bits per heavy atom. The van der Waals surface area contributed by atoms with Gasteiger partial charge in [0.05, 0.1) is 0 Å². The van der Waals surface area contributed by atoms with E-state index in [1.165, 1.54) is 11.7 Å². The number of rotatable bonds is 6. The van der Waals surface area contributed by atoms with Gasteiger partial charge in [-0.25, -0.2) is 0 Å². The molecule has 2 fully saturated rings. The summed E-state index contributed by atoms with van der Waals surface area (Å²) in [7, 11) is 3.53. The zero-order valence-electron chi connectivity index (χ0n) is 22.0. The van der Waals surface area contributed by atoms with Crippen molar-refractivity contribution in [2.75, 3.05) is 58.5 Å². The van der Waals surface area contributed by atoms with E-state index < -0.39 is 18.5 Å². The van der Waals surface area contributed by atoms with E-state index in [1.54, 1.807) is 30.6 Å². The third-order valence-corrected chi connectivity index (χ3v) is 7.71. The molecule has 12 nitrogen and oxygen atoms in total. The first-order chi connectivity index (χ1) is 19.4. The van der Waals surface area contributed by atoms with Crippen LogP contribution in [0.5, 0.6) is 11.8 Å². The van der Waals surface area contributed by atoms with Gasteiger partial charge in [0.15, 0.2) is 0 Å². The van der Waals surface area contributed by atoms with Crippen LogP contribution in [0.15, 0.2) is 40.6 Å². The van der Waals surface area contributed by atoms with Gasteiger partial charge in [0.2, 0.25) is 0 Å². The van der Waals surface area contributed by atoms with Crippen LogP contribution in [0.4, 0.5) is 14.5 Å². The number of fused-ring (bicyclic) bond motifs is 1. The number of ether oxygens (including phenoxy) is 3. The van der Waals surface area contributed by atoms with Gasteiger partial charge in [-0.05, 0) is 0 Å². The number of methoxy groups -OCH3 is 1. The topological polar surface area (TPSA) is 106 Å². The van der Waals surface area contributed by atoms with Gasteiger partial charge in [-0.1, -0.05) is 0 Å². The Morgan fingerprint density at radius 2 is 1.90 bits per heavy atom. The van der Waals surface area contributed by atoms with Crippen LogP contribution in [0.3, 0.4) is 0 Å². The van der Waals surface area contributed by atoms with Crippen LogP contribution < -0.4 is 14.4 Å². The molecule has 2 saturated heterocycles. The fraction of sp³-hybridized carbons (Fsp3) is 0.480. The van der Waals surface area contributed by atoms with Gasteiger partial charge in [0.25, 0.3) is 0 Å². The summed E-state index contributed by atoms with van der Waals surface area (Å²) in [5, 5.41) is 0. The molecule has 5 heterocycles. The van der Waals surface area contributed by atoms with Gasteiger partial charge in [0.1, 0.15) is 0 Å². The normalized spacial score (nSPS) is 22.6. The van der Waals surface area contributed by atoms with Crippen LogP contribution in [-0.4, -0.2) is 123 Å². The number of para-hydroxylation sites is 1. The monoisotopic (exact) mass is 615 g/mol. The molecule has 1 aromatic carbocycles. The van der Waals surface area contributed by atoms with Gasteiger partial charge >= 0.3 is 238 Å². The summed E-state index contributed by atoms with van der Waals surface area (Å²) in [6.45, 7) is 4.02. The summed E-state index contributed by atoms with van der Waals surface area (Å²) < 4.78 is 47.2. The molecule has 0 aliphatic carbocycles. The summed E-state index contributed by atoms with van der Waals surface area (Å²) in [6, 6.07) is 5.40. The Bertz CT molecular complexity index is 1430. The first kappa shape index (κ1) is 27.0. The second-order valence-corrected chi connectivity index (χ2v) is 10.5. The molecule has 3 aliphatic heterocycles. The fourth-order valence-corrected chi connectivity index (χ4v) is 5.74. The third kappa shape index (κ3) is 5.16. The molecule has 2 aromatic heterocycles. The van der Waals surface area contributed by atoms with Gasteiger partial charge in [-0.3, -0.25) is 0 Å². The molecule has 210 valence electrons.